The predicted molar refractivity (Wildman–Crippen MR) is 153 cm³/mol. The molecule has 1 unspecified atom stereocenters. The van der Waals surface area contributed by atoms with Crippen LogP contribution < -0.4 is 16.5 Å². The largest absolute Gasteiger partial charge is 0.477 e. The summed E-state index contributed by atoms with van der Waals surface area (Å²) >= 11 is 9.79. The highest BCUT2D eigenvalue weighted by Gasteiger charge is 2.54. The third kappa shape index (κ3) is 4.77. The molecule has 5 rings (SSSR count). The Hall–Kier alpha value is -2.70. The summed E-state index contributed by atoms with van der Waals surface area (Å²) in [5.74, 6) is -2.46. The van der Waals surface area contributed by atoms with E-state index in [2.05, 4.69) is 31.4 Å². The standard InChI is InChI=1S/C21H14BrN5O6S5/c22-10-14(28)15-9(2-4-34-15)38-20(10)35-3-1-7-5-36-18-12(17(30)27(18)13(7)19(31)32)25-16(29)11(26-33)8-6-37-21(23)24-8/h1-4,6,12,18,33H,5H2,(H2,23,24)(H,25,29)(H,31,32)/b3-1+,26-11+/t12?,18-/m1/s1. The molecular weight excluding hydrogens is 658 g/mol. The summed E-state index contributed by atoms with van der Waals surface area (Å²) in [4.78, 5) is 55.2. The lowest BCUT2D eigenvalue weighted by Gasteiger charge is -2.49. The highest BCUT2D eigenvalue weighted by molar-refractivity contribution is 9.10. The van der Waals surface area contributed by atoms with Crippen LogP contribution in [-0.2, 0) is 14.4 Å². The number of carboxylic acids is 1. The number of nitrogens with one attached hydrogen (secondary N) is 1. The summed E-state index contributed by atoms with van der Waals surface area (Å²) in [5, 5.41) is 29.1. The van der Waals surface area contributed by atoms with Crippen LogP contribution >= 0.6 is 73.5 Å². The van der Waals surface area contributed by atoms with Crippen molar-refractivity contribution in [2.45, 2.75) is 15.6 Å². The molecule has 11 nitrogen and oxygen atoms in total. The summed E-state index contributed by atoms with van der Waals surface area (Å²) in [6.45, 7) is 0. The molecule has 17 heteroatoms. The van der Waals surface area contributed by atoms with Gasteiger partial charge in [-0.3, -0.25) is 19.3 Å². The van der Waals surface area contributed by atoms with E-state index in [9.17, 15) is 29.5 Å². The quantitative estimate of drug-likeness (QED) is 0.0958. The number of carboxylic acid groups (broad SMARTS) is 1. The normalized spacial score (nSPS) is 19.7. The Bertz CT molecular complexity index is 1640. The van der Waals surface area contributed by atoms with Crippen molar-refractivity contribution in [3.63, 3.8) is 0 Å². The third-order valence-corrected chi connectivity index (χ3v) is 11.9. The lowest BCUT2D eigenvalue weighted by molar-refractivity contribution is -0.150. The number of allylic oxidation sites excluding steroid dienone is 1. The Labute approximate surface area is 242 Å². The van der Waals surface area contributed by atoms with Crippen molar-refractivity contribution in [3.05, 3.63) is 60.0 Å². The van der Waals surface area contributed by atoms with Crippen LogP contribution in [0.2, 0.25) is 0 Å². The summed E-state index contributed by atoms with van der Waals surface area (Å²) < 4.78 is 2.71. The minimum atomic E-state index is -1.28. The van der Waals surface area contributed by atoms with Gasteiger partial charge in [-0.1, -0.05) is 16.9 Å². The van der Waals surface area contributed by atoms with Crippen molar-refractivity contribution >= 4 is 111 Å². The van der Waals surface area contributed by atoms with Crippen LogP contribution in [0.5, 0.6) is 0 Å². The van der Waals surface area contributed by atoms with Crippen LogP contribution in [-0.4, -0.2) is 60.9 Å². The van der Waals surface area contributed by atoms with E-state index in [-0.39, 0.29) is 27.7 Å². The van der Waals surface area contributed by atoms with E-state index in [4.69, 9.17) is 5.73 Å². The number of thioether (sulfide) groups is 2. The first-order valence-electron chi connectivity index (χ1n) is 10.4. The van der Waals surface area contributed by atoms with Crippen molar-refractivity contribution in [3.8, 4) is 0 Å². The van der Waals surface area contributed by atoms with Crippen LogP contribution in [0.4, 0.5) is 5.13 Å². The number of fused-ring (bicyclic) bond motifs is 2. The Kier molecular flexibility index (Phi) is 7.65. The average molecular weight is 673 g/mol. The number of anilines is 1. The second-order valence-corrected chi connectivity index (χ2v) is 13.6. The smallest absolute Gasteiger partial charge is 0.352 e. The molecule has 196 valence electrons. The summed E-state index contributed by atoms with van der Waals surface area (Å²) in [6.07, 6.45) is 1.61. The zero-order valence-electron chi connectivity index (χ0n) is 18.6. The monoisotopic (exact) mass is 671 g/mol. The Morgan fingerprint density at radius 3 is 2.82 bits per heavy atom. The number of carbonyl (C=O) groups is 3. The number of aromatic nitrogens is 1. The van der Waals surface area contributed by atoms with Gasteiger partial charge in [-0.2, -0.15) is 0 Å². The van der Waals surface area contributed by atoms with E-state index in [1.54, 1.807) is 11.5 Å². The number of hydrogen-bond acceptors (Lipinski definition) is 13. The third-order valence-electron chi connectivity index (χ3n) is 5.43. The van der Waals surface area contributed by atoms with Gasteiger partial charge in [0.1, 0.15) is 22.8 Å². The molecule has 0 aromatic carbocycles. The van der Waals surface area contributed by atoms with Gasteiger partial charge in [0.2, 0.25) is 5.43 Å². The van der Waals surface area contributed by atoms with Gasteiger partial charge < -0.3 is 21.4 Å². The van der Waals surface area contributed by atoms with E-state index in [0.29, 0.717) is 14.7 Å². The van der Waals surface area contributed by atoms with Crippen molar-refractivity contribution in [2.24, 2.45) is 5.16 Å². The number of thiophene rings is 1. The highest BCUT2D eigenvalue weighted by Crippen LogP contribution is 2.41. The minimum Gasteiger partial charge on any atom is -0.477 e. The van der Waals surface area contributed by atoms with Gasteiger partial charge in [0, 0.05) is 11.1 Å². The first-order chi connectivity index (χ1) is 18.2. The van der Waals surface area contributed by atoms with E-state index in [0.717, 1.165) is 25.1 Å². The number of β-lactam (4-membered cyclic amide) rings is 1. The highest BCUT2D eigenvalue weighted by atomic mass is 79.9. The first kappa shape index (κ1) is 26.9. The second kappa shape index (κ2) is 10.8. The van der Waals surface area contributed by atoms with Crippen LogP contribution in [0.1, 0.15) is 5.69 Å². The van der Waals surface area contributed by atoms with Crippen LogP contribution in [0.15, 0.2) is 58.2 Å². The molecule has 2 atom stereocenters. The number of oxime groups is 1. The predicted octanol–water partition coefficient (Wildman–Crippen LogP) is 3.35. The summed E-state index contributed by atoms with van der Waals surface area (Å²) in [5.41, 5.74) is 5.35. The molecule has 1 fully saturated rings. The number of carbonyl (C=O) groups excluding carboxylic acids is 2. The number of hydrogen-bond donors (Lipinski definition) is 4. The zero-order valence-corrected chi connectivity index (χ0v) is 24.3. The summed E-state index contributed by atoms with van der Waals surface area (Å²) in [7, 11) is 0. The number of nitrogens with zero attached hydrogens (tertiary/aromatic N) is 3. The van der Waals surface area contributed by atoms with Crippen LogP contribution in [0, 0.1) is 0 Å². The Morgan fingerprint density at radius 2 is 2.13 bits per heavy atom. The van der Waals surface area contributed by atoms with Gasteiger partial charge in [-0.05, 0) is 44.4 Å². The first-order valence-corrected chi connectivity index (χ1v) is 15.7. The number of amides is 2. The molecule has 0 spiro atoms. The fourth-order valence-electron chi connectivity index (χ4n) is 3.72. The molecule has 5 N–H and O–H groups in total. The van der Waals surface area contributed by atoms with E-state index < -0.39 is 34.9 Å². The maximum absolute atomic E-state index is 12.9. The van der Waals surface area contributed by atoms with Crippen molar-refractivity contribution < 1.29 is 24.7 Å². The number of halogens is 1. The molecule has 1 saturated heterocycles. The van der Waals surface area contributed by atoms with Gasteiger partial charge >= 0.3 is 5.97 Å². The van der Waals surface area contributed by atoms with Crippen molar-refractivity contribution in [1.82, 2.24) is 15.2 Å². The molecule has 2 amide bonds. The molecular formula is C21H14BrN5O6S5. The van der Waals surface area contributed by atoms with Gasteiger partial charge in [-0.15, -0.1) is 45.8 Å². The molecule has 3 aromatic rings. The number of rotatable bonds is 7. The molecule has 2 aliphatic heterocycles. The van der Waals surface area contributed by atoms with Gasteiger partial charge in [-0.25, -0.2) is 9.78 Å². The molecule has 5 heterocycles. The van der Waals surface area contributed by atoms with Gasteiger partial charge in [0.15, 0.2) is 10.8 Å². The Balaban J connectivity index is 1.33. The number of aliphatic carboxylic acids is 1. The Morgan fingerprint density at radius 1 is 1.34 bits per heavy atom. The van der Waals surface area contributed by atoms with Crippen molar-refractivity contribution in [1.29, 1.82) is 0 Å². The fraction of sp³-hybridized carbons (Fsp3) is 0.143. The zero-order chi connectivity index (χ0) is 27.1. The lowest BCUT2D eigenvalue weighted by Crippen LogP contribution is -2.71. The van der Waals surface area contributed by atoms with E-state index >= 15 is 0 Å². The molecule has 0 saturated carbocycles. The van der Waals surface area contributed by atoms with Crippen LogP contribution in [0.25, 0.3) is 9.40 Å². The molecule has 0 radical (unpaired) electrons. The SMILES string of the molecule is Nc1nc(/C(=N\O)C(=O)NC2C(=O)N3C(C(=O)O)=C(/C=C/Sc4sc5ccsc5c(=O)c4Br)CS[C@H]23)cs1. The molecule has 38 heavy (non-hydrogen) atoms. The lowest BCUT2D eigenvalue weighted by atomic mass is 10.0. The molecule has 2 aliphatic rings. The second-order valence-electron chi connectivity index (χ2n) is 7.63. The minimum absolute atomic E-state index is 0.0540. The number of thiazole rings is 1. The van der Waals surface area contributed by atoms with Crippen molar-refractivity contribution in [2.75, 3.05) is 11.5 Å². The molecule has 3 aromatic heterocycles. The van der Waals surface area contributed by atoms with E-state index in [1.807, 2.05) is 11.4 Å². The van der Waals surface area contributed by atoms with Crippen LogP contribution in [0.3, 0.4) is 0 Å². The average Bonchev–Trinajstić information content (AvgIpc) is 3.54. The summed E-state index contributed by atoms with van der Waals surface area (Å²) in [6, 6.07) is 0.863. The topological polar surface area (TPSA) is 175 Å². The maximum atomic E-state index is 12.9. The number of nitrogens with two attached hydrogens (primary N) is 1. The van der Waals surface area contributed by atoms with E-state index in [1.165, 1.54) is 51.6 Å². The molecule has 0 aliphatic carbocycles. The maximum Gasteiger partial charge on any atom is 0.352 e. The fourth-order valence-corrected chi connectivity index (χ4v) is 9.42. The number of nitrogen functional groups attached to an aromatic ring is 1. The van der Waals surface area contributed by atoms with Gasteiger partial charge in [0.25, 0.3) is 11.8 Å². The van der Waals surface area contributed by atoms with Gasteiger partial charge in [0.05, 0.1) is 18.1 Å². The molecule has 0 bridgehead atoms.